The average Bonchev–Trinajstić information content (AvgIpc) is 2.85. The van der Waals surface area contributed by atoms with Crippen molar-refractivity contribution in [1.82, 2.24) is 14.5 Å². The van der Waals surface area contributed by atoms with Crippen LogP contribution in [0.1, 0.15) is 19.0 Å². The van der Waals surface area contributed by atoms with E-state index in [4.69, 9.17) is 0 Å². The molecule has 0 aromatic carbocycles. The molecule has 0 fully saturated rings. The Labute approximate surface area is 110 Å². The maximum absolute atomic E-state index is 10.5. The van der Waals surface area contributed by atoms with Crippen molar-refractivity contribution >= 4 is 11.6 Å². The van der Waals surface area contributed by atoms with Gasteiger partial charge in [0, 0.05) is 6.54 Å². The Hall–Kier alpha value is -2.44. The SMILES string of the molecule is CCCNc1cccc(Cn2cnc([N+](=O)[O-])c2)n1. The quantitative estimate of drug-likeness (QED) is 0.635. The van der Waals surface area contributed by atoms with Gasteiger partial charge >= 0.3 is 5.82 Å². The van der Waals surface area contributed by atoms with Crippen molar-refractivity contribution in [3.63, 3.8) is 0 Å². The van der Waals surface area contributed by atoms with Crippen LogP contribution in [0.25, 0.3) is 0 Å². The third-order valence-electron chi connectivity index (χ3n) is 2.51. The first-order chi connectivity index (χ1) is 9.19. The summed E-state index contributed by atoms with van der Waals surface area (Å²) in [5.41, 5.74) is 0.827. The summed E-state index contributed by atoms with van der Waals surface area (Å²) in [4.78, 5) is 18.2. The molecule has 2 aromatic heterocycles. The molecule has 1 N–H and O–H groups in total. The number of nitrogens with one attached hydrogen (secondary N) is 1. The zero-order valence-electron chi connectivity index (χ0n) is 10.6. The molecule has 0 saturated carbocycles. The minimum atomic E-state index is -0.511. The normalized spacial score (nSPS) is 10.4. The van der Waals surface area contributed by atoms with Crippen molar-refractivity contribution < 1.29 is 4.92 Å². The maximum atomic E-state index is 10.5. The van der Waals surface area contributed by atoms with Gasteiger partial charge in [-0.2, -0.15) is 0 Å². The Morgan fingerprint density at radius 1 is 1.47 bits per heavy atom. The lowest BCUT2D eigenvalue weighted by atomic mass is 10.3. The largest absolute Gasteiger partial charge is 0.381 e. The molecular formula is C12H15N5O2. The molecule has 7 nitrogen and oxygen atoms in total. The van der Waals surface area contributed by atoms with Crippen LogP contribution < -0.4 is 5.32 Å². The molecule has 0 bridgehead atoms. The van der Waals surface area contributed by atoms with E-state index in [0.717, 1.165) is 24.5 Å². The van der Waals surface area contributed by atoms with Crippen molar-refractivity contribution in [3.8, 4) is 0 Å². The van der Waals surface area contributed by atoms with Gasteiger partial charge in [0.1, 0.15) is 12.0 Å². The number of anilines is 1. The molecule has 7 heteroatoms. The molecule has 0 atom stereocenters. The van der Waals surface area contributed by atoms with Gasteiger partial charge in [-0.1, -0.05) is 13.0 Å². The van der Waals surface area contributed by atoms with Gasteiger partial charge in [0.15, 0.2) is 0 Å². The van der Waals surface area contributed by atoms with Gasteiger partial charge in [0.25, 0.3) is 0 Å². The third-order valence-corrected chi connectivity index (χ3v) is 2.51. The Balaban J connectivity index is 2.07. The number of imidazole rings is 1. The number of nitrogens with zero attached hydrogens (tertiary/aromatic N) is 4. The molecule has 0 saturated heterocycles. The summed E-state index contributed by atoms with van der Waals surface area (Å²) < 4.78 is 1.64. The lowest BCUT2D eigenvalue weighted by molar-refractivity contribution is -0.389. The molecule has 2 aromatic rings. The molecule has 0 radical (unpaired) electrons. The molecule has 100 valence electrons. The molecular weight excluding hydrogens is 246 g/mol. The Bertz CT molecular complexity index is 567. The number of aromatic nitrogens is 3. The van der Waals surface area contributed by atoms with E-state index >= 15 is 0 Å². The van der Waals surface area contributed by atoms with E-state index in [1.165, 1.54) is 12.5 Å². The van der Waals surface area contributed by atoms with Gasteiger partial charge in [0.2, 0.25) is 6.33 Å². The van der Waals surface area contributed by atoms with Gasteiger partial charge in [-0.3, -0.25) is 0 Å². The summed E-state index contributed by atoms with van der Waals surface area (Å²) in [7, 11) is 0. The predicted molar refractivity (Wildman–Crippen MR) is 71.0 cm³/mol. The molecule has 0 aliphatic heterocycles. The number of nitro groups is 1. The van der Waals surface area contributed by atoms with Gasteiger partial charge in [0.05, 0.1) is 12.2 Å². The van der Waals surface area contributed by atoms with Crippen molar-refractivity contribution in [2.45, 2.75) is 19.9 Å². The fraction of sp³-hybridized carbons (Fsp3) is 0.333. The smallest absolute Gasteiger partial charge is 0.370 e. The highest BCUT2D eigenvalue weighted by molar-refractivity contribution is 5.35. The standard InChI is InChI=1S/C12H15N5O2/c1-2-6-13-11-5-3-4-10(15-11)7-16-8-12(14-9-16)17(18)19/h3-5,8-9H,2,6-7H2,1H3,(H,13,15). The lowest BCUT2D eigenvalue weighted by Crippen LogP contribution is -2.05. The summed E-state index contributed by atoms with van der Waals surface area (Å²) >= 11 is 0. The van der Waals surface area contributed by atoms with Gasteiger partial charge in [-0.25, -0.2) is 4.98 Å². The zero-order chi connectivity index (χ0) is 13.7. The molecule has 0 aliphatic rings. The second-order valence-electron chi connectivity index (χ2n) is 4.10. The highest BCUT2D eigenvalue weighted by Crippen LogP contribution is 2.10. The van der Waals surface area contributed by atoms with E-state index in [2.05, 4.69) is 22.2 Å². The molecule has 2 heterocycles. The Morgan fingerprint density at radius 2 is 2.32 bits per heavy atom. The minimum absolute atomic E-state index is 0.153. The second-order valence-corrected chi connectivity index (χ2v) is 4.10. The van der Waals surface area contributed by atoms with E-state index in [1.54, 1.807) is 4.57 Å². The van der Waals surface area contributed by atoms with Gasteiger partial charge < -0.3 is 20.0 Å². The topological polar surface area (TPSA) is 85.9 Å². The predicted octanol–water partition coefficient (Wildman–Crippen LogP) is 2.06. The van der Waals surface area contributed by atoms with Crippen LogP contribution in [0.4, 0.5) is 11.6 Å². The van der Waals surface area contributed by atoms with Crippen LogP contribution in [-0.4, -0.2) is 26.0 Å². The Kier molecular flexibility index (Phi) is 4.07. The number of hydrogen-bond donors (Lipinski definition) is 1. The second kappa shape index (κ2) is 5.94. The summed E-state index contributed by atoms with van der Waals surface area (Å²) in [6.07, 6.45) is 3.86. The fourth-order valence-electron chi connectivity index (χ4n) is 1.64. The van der Waals surface area contributed by atoms with Crippen molar-refractivity contribution in [2.75, 3.05) is 11.9 Å². The molecule has 0 unspecified atom stereocenters. The molecule has 19 heavy (non-hydrogen) atoms. The highest BCUT2D eigenvalue weighted by atomic mass is 16.6. The summed E-state index contributed by atoms with van der Waals surface area (Å²) in [5.74, 6) is 0.661. The van der Waals surface area contributed by atoms with Gasteiger partial charge in [-0.05, 0) is 28.5 Å². The first-order valence-corrected chi connectivity index (χ1v) is 6.05. The average molecular weight is 261 g/mol. The lowest BCUT2D eigenvalue weighted by Gasteiger charge is -2.06. The van der Waals surface area contributed by atoms with E-state index in [0.29, 0.717) is 6.54 Å². The fourth-order valence-corrected chi connectivity index (χ4v) is 1.64. The zero-order valence-corrected chi connectivity index (χ0v) is 10.6. The van der Waals surface area contributed by atoms with Crippen LogP contribution in [0.5, 0.6) is 0 Å². The number of pyridine rings is 1. The summed E-state index contributed by atoms with van der Waals surface area (Å²) in [5, 5.41) is 13.7. The van der Waals surface area contributed by atoms with Crippen LogP contribution in [0.3, 0.4) is 0 Å². The first kappa shape index (κ1) is 13.0. The minimum Gasteiger partial charge on any atom is -0.370 e. The van der Waals surface area contributed by atoms with E-state index in [9.17, 15) is 10.1 Å². The molecule has 0 aliphatic carbocycles. The van der Waals surface area contributed by atoms with Crippen molar-refractivity contribution in [1.29, 1.82) is 0 Å². The highest BCUT2D eigenvalue weighted by Gasteiger charge is 2.10. The number of rotatable bonds is 6. The maximum Gasteiger partial charge on any atom is 0.381 e. The van der Waals surface area contributed by atoms with Crippen LogP contribution >= 0.6 is 0 Å². The number of hydrogen-bond acceptors (Lipinski definition) is 5. The van der Waals surface area contributed by atoms with E-state index in [1.807, 2.05) is 18.2 Å². The van der Waals surface area contributed by atoms with Crippen molar-refractivity contribution in [3.05, 3.63) is 46.5 Å². The van der Waals surface area contributed by atoms with Crippen LogP contribution in [0.15, 0.2) is 30.7 Å². The van der Waals surface area contributed by atoms with Crippen LogP contribution in [0, 0.1) is 10.1 Å². The Morgan fingerprint density at radius 3 is 3.00 bits per heavy atom. The molecule has 0 spiro atoms. The molecule has 0 amide bonds. The van der Waals surface area contributed by atoms with Crippen molar-refractivity contribution in [2.24, 2.45) is 0 Å². The monoisotopic (exact) mass is 261 g/mol. The van der Waals surface area contributed by atoms with E-state index in [-0.39, 0.29) is 5.82 Å². The molecule has 2 rings (SSSR count). The summed E-state index contributed by atoms with van der Waals surface area (Å²) in [6, 6.07) is 5.68. The first-order valence-electron chi connectivity index (χ1n) is 6.05. The third kappa shape index (κ3) is 3.51. The van der Waals surface area contributed by atoms with Crippen LogP contribution in [-0.2, 0) is 6.54 Å². The van der Waals surface area contributed by atoms with E-state index < -0.39 is 4.92 Å². The van der Waals surface area contributed by atoms with Crippen LogP contribution in [0.2, 0.25) is 0 Å². The summed E-state index contributed by atoms with van der Waals surface area (Å²) in [6.45, 7) is 3.41. The van der Waals surface area contributed by atoms with Gasteiger partial charge in [-0.15, -0.1) is 0 Å².